The molecule has 2 heteroatoms. The SMILES string of the molecule is CN(CCC1CCNC1)CC1CC2CCC1C2. The number of nitrogens with zero attached hydrogens (tertiary/aromatic N) is 1. The molecule has 1 N–H and O–H groups in total. The third kappa shape index (κ3) is 2.85. The second-order valence-electron chi connectivity index (χ2n) is 6.84. The van der Waals surface area contributed by atoms with Crippen LogP contribution in [0.2, 0.25) is 0 Å². The average molecular weight is 236 g/mol. The monoisotopic (exact) mass is 236 g/mol. The van der Waals surface area contributed by atoms with Gasteiger partial charge in [0.05, 0.1) is 0 Å². The van der Waals surface area contributed by atoms with E-state index in [1.807, 2.05) is 0 Å². The molecule has 0 aromatic heterocycles. The lowest BCUT2D eigenvalue weighted by atomic mass is 9.88. The lowest BCUT2D eigenvalue weighted by Crippen LogP contribution is -2.30. The standard InChI is InChI=1S/C15H28N2/c1-17(7-5-12-4-6-16-10-12)11-15-9-13-2-3-14(15)8-13/h12-16H,2-11H2,1H3. The Hall–Kier alpha value is -0.0800. The highest BCUT2D eigenvalue weighted by Gasteiger charge is 2.39. The minimum Gasteiger partial charge on any atom is -0.316 e. The minimum absolute atomic E-state index is 0.956. The highest BCUT2D eigenvalue weighted by atomic mass is 15.1. The number of nitrogens with one attached hydrogen (secondary N) is 1. The molecule has 1 heterocycles. The summed E-state index contributed by atoms with van der Waals surface area (Å²) in [6.07, 6.45) is 8.99. The van der Waals surface area contributed by atoms with Crippen LogP contribution >= 0.6 is 0 Å². The van der Waals surface area contributed by atoms with Crippen molar-refractivity contribution in [2.75, 3.05) is 33.2 Å². The van der Waals surface area contributed by atoms with Crippen molar-refractivity contribution in [3.8, 4) is 0 Å². The van der Waals surface area contributed by atoms with E-state index in [0.717, 1.165) is 23.7 Å². The molecule has 4 atom stereocenters. The summed E-state index contributed by atoms with van der Waals surface area (Å²) in [4.78, 5) is 2.61. The fourth-order valence-electron chi connectivity index (χ4n) is 4.46. The molecule has 2 nitrogen and oxygen atoms in total. The van der Waals surface area contributed by atoms with Gasteiger partial charge < -0.3 is 10.2 Å². The van der Waals surface area contributed by atoms with E-state index in [1.165, 1.54) is 45.4 Å². The molecule has 2 saturated carbocycles. The summed E-state index contributed by atoms with van der Waals surface area (Å²) >= 11 is 0. The van der Waals surface area contributed by atoms with Crippen LogP contribution in [-0.4, -0.2) is 38.1 Å². The molecule has 1 saturated heterocycles. The molecule has 4 unspecified atom stereocenters. The Bertz CT molecular complexity index is 247. The fraction of sp³-hybridized carbons (Fsp3) is 1.00. The maximum Gasteiger partial charge on any atom is 0.000936 e. The van der Waals surface area contributed by atoms with Crippen LogP contribution in [-0.2, 0) is 0 Å². The predicted molar refractivity (Wildman–Crippen MR) is 72.0 cm³/mol. The zero-order valence-electron chi connectivity index (χ0n) is 11.3. The molecule has 0 spiro atoms. The highest BCUT2D eigenvalue weighted by Crippen LogP contribution is 2.48. The van der Waals surface area contributed by atoms with Crippen molar-refractivity contribution in [2.45, 2.75) is 38.5 Å². The van der Waals surface area contributed by atoms with Crippen LogP contribution in [0.15, 0.2) is 0 Å². The molecule has 2 aliphatic carbocycles. The zero-order valence-corrected chi connectivity index (χ0v) is 11.3. The summed E-state index contributed by atoms with van der Waals surface area (Å²) in [5.41, 5.74) is 0. The summed E-state index contributed by atoms with van der Waals surface area (Å²) in [7, 11) is 2.34. The number of fused-ring (bicyclic) bond motifs is 2. The van der Waals surface area contributed by atoms with Crippen LogP contribution in [0, 0.1) is 23.7 Å². The van der Waals surface area contributed by atoms with E-state index in [1.54, 1.807) is 19.3 Å². The van der Waals surface area contributed by atoms with Crippen molar-refractivity contribution >= 4 is 0 Å². The second-order valence-corrected chi connectivity index (χ2v) is 6.84. The molecule has 98 valence electrons. The zero-order chi connectivity index (χ0) is 11.7. The number of hydrogen-bond donors (Lipinski definition) is 1. The van der Waals surface area contributed by atoms with Gasteiger partial charge in [-0.3, -0.25) is 0 Å². The van der Waals surface area contributed by atoms with Crippen molar-refractivity contribution in [1.82, 2.24) is 10.2 Å². The lowest BCUT2D eigenvalue weighted by molar-refractivity contribution is 0.211. The molecule has 3 fully saturated rings. The van der Waals surface area contributed by atoms with Crippen LogP contribution in [0.5, 0.6) is 0 Å². The predicted octanol–water partition coefficient (Wildman–Crippen LogP) is 2.35. The van der Waals surface area contributed by atoms with Gasteiger partial charge in [0, 0.05) is 6.54 Å². The Morgan fingerprint density at radius 3 is 2.76 bits per heavy atom. The second kappa shape index (κ2) is 5.27. The highest BCUT2D eigenvalue weighted by molar-refractivity contribution is 4.91. The quantitative estimate of drug-likeness (QED) is 0.788. The van der Waals surface area contributed by atoms with Crippen LogP contribution in [0.25, 0.3) is 0 Å². The molecule has 3 rings (SSSR count). The van der Waals surface area contributed by atoms with E-state index in [-0.39, 0.29) is 0 Å². The van der Waals surface area contributed by atoms with Gasteiger partial charge in [0.2, 0.25) is 0 Å². The van der Waals surface area contributed by atoms with Gasteiger partial charge in [-0.2, -0.15) is 0 Å². The Kier molecular flexibility index (Phi) is 3.72. The van der Waals surface area contributed by atoms with Gasteiger partial charge in [0.1, 0.15) is 0 Å². The van der Waals surface area contributed by atoms with Crippen molar-refractivity contribution in [3.05, 3.63) is 0 Å². The molecule has 1 aliphatic heterocycles. The summed E-state index contributed by atoms with van der Waals surface area (Å²) in [6, 6.07) is 0. The first kappa shape index (κ1) is 12.0. The smallest absolute Gasteiger partial charge is 0.000936 e. The van der Waals surface area contributed by atoms with Crippen molar-refractivity contribution < 1.29 is 0 Å². The first-order valence-electron chi connectivity index (χ1n) is 7.70. The van der Waals surface area contributed by atoms with Gasteiger partial charge in [-0.15, -0.1) is 0 Å². The van der Waals surface area contributed by atoms with Crippen LogP contribution < -0.4 is 5.32 Å². The average Bonchev–Trinajstić information content (AvgIpc) is 3.03. The summed E-state index contributed by atoms with van der Waals surface area (Å²) in [5.74, 6) is 4.20. The third-order valence-electron chi connectivity index (χ3n) is 5.51. The first-order chi connectivity index (χ1) is 8.31. The first-order valence-corrected chi connectivity index (χ1v) is 7.70. The molecule has 0 amide bonds. The topological polar surface area (TPSA) is 15.3 Å². The molecule has 17 heavy (non-hydrogen) atoms. The normalized spacial score (nSPS) is 40.6. The van der Waals surface area contributed by atoms with Gasteiger partial charge in [0.25, 0.3) is 0 Å². The number of rotatable bonds is 5. The molecule has 0 aromatic rings. The molecular formula is C15H28N2. The van der Waals surface area contributed by atoms with Gasteiger partial charge in [-0.1, -0.05) is 6.42 Å². The van der Waals surface area contributed by atoms with E-state index >= 15 is 0 Å². The van der Waals surface area contributed by atoms with Crippen molar-refractivity contribution in [1.29, 1.82) is 0 Å². The van der Waals surface area contributed by atoms with Gasteiger partial charge in [0.15, 0.2) is 0 Å². The largest absolute Gasteiger partial charge is 0.316 e. The van der Waals surface area contributed by atoms with Gasteiger partial charge in [-0.25, -0.2) is 0 Å². The molecule has 3 aliphatic rings. The van der Waals surface area contributed by atoms with Gasteiger partial charge >= 0.3 is 0 Å². The van der Waals surface area contributed by atoms with E-state index < -0.39 is 0 Å². The molecule has 0 radical (unpaired) electrons. The Morgan fingerprint density at radius 1 is 1.18 bits per heavy atom. The summed E-state index contributed by atoms with van der Waals surface area (Å²) in [6.45, 7) is 5.21. The van der Waals surface area contributed by atoms with E-state index in [2.05, 4.69) is 17.3 Å². The molecule has 2 bridgehead atoms. The third-order valence-corrected chi connectivity index (χ3v) is 5.51. The molecule has 0 aromatic carbocycles. The number of hydrogen-bond acceptors (Lipinski definition) is 2. The van der Waals surface area contributed by atoms with Crippen molar-refractivity contribution in [2.24, 2.45) is 23.7 Å². The van der Waals surface area contributed by atoms with Crippen LogP contribution in [0.1, 0.15) is 38.5 Å². The van der Waals surface area contributed by atoms with Gasteiger partial charge in [-0.05, 0) is 82.5 Å². The maximum absolute atomic E-state index is 3.47. The van der Waals surface area contributed by atoms with E-state index in [9.17, 15) is 0 Å². The van der Waals surface area contributed by atoms with E-state index in [0.29, 0.717) is 0 Å². The summed E-state index contributed by atoms with van der Waals surface area (Å²) < 4.78 is 0. The van der Waals surface area contributed by atoms with E-state index in [4.69, 9.17) is 0 Å². The molecular weight excluding hydrogens is 208 g/mol. The lowest BCUT2D eigenvalue weighted by Gasteiger charge is -2.27. The summed E-state index contributed by atoms with van der Waals surface area (Å²) in [5, 5.41) is 3.47. The Labute approximate surface area is 106 Å². The maximum atomic E-state index is 3.47. The van der Waals surface area contributed by atoms with Crippen molar-refractivity contribution in [3.63, 3.8) is 0 Å². The Morgan fingerprint density at radius 2 is 2.12 bits per heavy atom. The minimum atomic E-state index is 0.956. The van der Waals surface area contributed by atoms with Crippen LogP contribution in [0.4, 0.5) is 0 Å². The van der Waals surface area contributed by atoms with Crippen LogP contribution in [0.3, 0.4) is 0 Å². The fourth-order valence-corrected chi connectivity index (χ4v) is 4.46. The Balaban J connectivity index is 1.36.